The lowest BCUT2D eigenvalue weighted by Gasteiger charge is -2.49. The molecule has 3 heterocycles. The molecule has 0 aromatic carbocycles. The molecular formula is C17H26N4OS. The van der Waals surface area contributed by atoms with Crippen molar-refractivity contribution >= 4 is 22.4 Å². The lowest BCUT2D eigenvalue weighted by atomic mass is 9.86. The van der Waals surface area contributed by atoms with Gasteiger partial charge in [0, 0.05) is 56.3 Å². The van der Waals surface area contributed by atoms with Crippen LogP contribution in [0.1, 0.15) is 32.1 Å². The lowest BCUT2D eigenvalue weighted by Crippen LogP contribution is -2.61. The smallest absolute Gasteiger partial charge is 0.222 e. The van der Waals surface area contributed by atoms with E-state index < -0.39 is 0 Å². The number of likely N-dealkylation sites (tertiary alicyclic amines) is 1. The maximum absolute atomic E-state index is 12.5. The van der Waals surface area contributed by atoms with Crippen LogP contribution in [0.2, 0.25) is 0 Å². The molecule has 0 N–H and O–H groups in total. The normalized spacial score (nSPS) is 30.0. The Bertz CT molecular complexity index is 559. The monoisotopic (exact) mass is 334 g/mol. The molecule has 1 spiro atoms. The fourth-order valence-corrected chi connectivity index (χ4v) is 4.70. The van der Waals surface area contributed by atoms with Gasteiger partial charge in [0.1, 0.15) is 0 Å². The zero-order chi connectivity index (χ0) is 15.9. The molecule has 6 heteroatoms. The Balaban J connectivity index is 1.49. The maximum atomic E-state index is 12.5. The van der Waals surface area contributed by atoms with Crippen LogP contribution < -0.4 is 4.90 Å². The van der Waals surface area contributed by atoms with Gasteiger partial charge in [-0.15, -0.1) is 11.3 Å². The van der Waals surface area contributed by atoms with Gasteiger partial charge in [-0.05, 0) is 38.6 Å². The number of nitrogens with zero attached hydrogens (tertiary/aromatic N) is 4. The summed E-state index contributed by atoms with van der Waals surface area (Å²) in [5, 5.41) is 3.18. The first-order valence-electron chi connectivity index (χ1n) is 8.80. The van der Waals surface area contributed by atoms with E-state index >= 15 is 0 Å². The number of likely N-dealkylation sites (N-methyl/N-ethyl adjacent to an activating group) is 1. The highest BCUT2D eigenvalue weighted by molar-refractivity contribution is 7.13. The van der Waals surface area contributed by atoms with Crippen molar-refractivity contribution in [3.05, 3.63) is 11.6 Å². The first kappa shape index (κ1) is 15.4. The summed E-state index contributed by atoms with van der Waals surface area (Å²) in [5.74, 6) is 1.15. The summed E-state index contributed by atoms with van der Waals surface area (Å²) >= 11 is 1.72. The Morgan fingerprint density at radius 2 is 2.17 bits per heavy atom. The first-order valence-corrected chi connectivity index (χ1v) is 9.68. The van der Waals surface area contributed by atoms with Gasteiger partial charge in [-0.2, -0.15) is 0 Å². The van der Waals surface area contributed by atoms with Gasteiger partial charge in [0.05, 0.1) is 0 Å². The van der Waals surface area contributed by atoms with Crippen molar-refractivity contribution in [1.29, 1.82) is 0 Å². The van der Waals surface area contributed by atoms with Crippen LogP contribution in [-0.4, -0.2) is 66.0 Å². The number of thiazole rings is 1. The largest absolute Gasteiger partial charge is 0.345 e. The Morgan fingerprint density at radius 1 is 1.30 bits per heavy atom. The van der Waals surface area contributed by atoms with Crippen LogP contribution in [0, 0.1) is 5.92 Å². The van der Waals surface area contributed by atoms with Crippen LogP contribution >= 0.6 is 11.3 Å². The molecule has 3 aliphatic rings. The Labute approximate surface area is 142 Å². The summed E-state index contributed by atoms with van der Waals surface area (Å²) in [6, 6.07) is 0. The number of amides is 1. The average Bonchev–Trinajstić information content (AvgIpc) is 3.24. The van der Waals surface area contributed by atoms with Crippen molar-refractivity contribution < 1.29 is 4.79 Å². The molecule has 1 atom stereocenters. The topological polar surface area (TPSA) is 39.7 Å². The minimum absolute atomic E-state index is 0.123. The van der Waals surface area contributed by atoms with Crippen LogP contribution in [0.4, 0.5) is 5.13 Å². The average molecular weight is 334 g/mol. The lowest BCUT2D eigenvalue weighted by molar-refractivity contribution is -0.130. The van der Waals surface area contributed by atoms with Crippen LogP contribution in [-0.2, 0) is 4.79 Å². The number of piperazine rings is 1. The van der Waals surface area contributed by atoms with Gasteiger partial charge in [-0.1, -0.05) is 0 Å². The number of carbonyl (C=O) groups excluding carboxylic acids is 1. The molecule has 5 nitrogen and oxygen atoms in total. The molecule has 1 aromatic rings. The minimum Gasteiger partial charge on any atom is -0.345 e. The molecule has 23 heavy (non-hydrogen) atoms. The summed E-state index contributed by atoms with van der Waals surface area (Å²) in [7, 11) is 2.24. The third-order valence-electron chi connectivity index (χ3n) is 5.87. The van der Waals surface area contributed by atoms with Gasteiger partial charge in [0.15, 0.2) is 5.13 Å². The summed E-state index contributed by atoms with van der Waals surface area (Å²) in [6.45, 7) is 5.00. The third kappa shape index (κ3) is 3.11. The second kappa shape index (κ2) is 6.06. The molecular weight excluding hydrogens is 308 g/mol. The van der Waals surface area contributed by atoms with E-state index in [1.54, 1.807) is 11.3 Å². The highest BCUT2D eigenvalue weighted by Gasteiger charge is 2.43. The third-order valence-corrected chi connectivity index (χ3v) is 6.70. The van der Waals surface area contributed by atoms with Gasteiger partial charge in [0.2, 0.25) is 5.91 Å². The molecule has 126 valence electrons. The maximum Gasteiger partial charge on any atom is 0.222 e. The van der Waals surface area contributed by atoms with E-state index in [0.717, 1.165) is 56.6 Å². The minimum atomic E-state index is 0.123. The molecule has 0 radical (unpaired) electrons. The molecule has 3 fully saturated rings. The molecule has 0 bridgehead atoms. The summed E-state index contributed by atoms with van der Waals surface area (Å²) < 4.78 is 0. The Kier molecular flexibility index (Phi) is 4.05. The molecule has 2 saturated heterocycles. The standard InChI is InChI=1S/C17H26N4OS/c1-19-9-10-21(16-18-7-11-23-16)13-17(19)5-4-15(22)20(8-6-17)12-14-2-3-14/h7,11,14H,2-6,8-10,12-13H2,1H3. The highest BCUT2D eigenvalue weighted by Crippen LogP contribution is 2.36. The molecule has 1 aromatic heterocycles. The number of carbonyl (C=O) groups is 1. The van der Waals surface area contributed by atoms with E-state index in [1.165, 1.54) is 12.8 Å². The molecule has 2 aliphatic heterocycles. The summed E-state index contributed by atoms with van der Waals surface area (Å²) in [4.78, 5) is 24.1. The molecule has 1 aliphatic carbocycles. The number of aromatic nitrogens is 1. The van der Waals surface area contributed by atoms with E-state index in [-0.39, 0.29) is 5.54 Å². The molecule has 4 rings (SSSR count). The zero-order valence-electron chi connectivity index (χ0n) is 13.9. The van der Waals surface area contributed by atoms with E-state index in [4.69, 9.17) is 0 Å². The Hall–Kier alpha value is -1.14. The SMILES string of the molecule is CN1CCN(c2nccs2)CC12CCC(=O)N(CC1CC1)CC2. The molecule has 1 unspecified atom stereocenters. The summed E-state index contributed by atoms with van der Waals surface area (Å²) in [6.07, 6.45) is 7.27. The molecule has 1 amide bonds. The number of anilines is 1. The van der Waals surface area contributed by atoms with Gasteiger partial charge in [-0.25, -0.2) is 4.98 Å². The number of hydrogen-bond donors (Lipinski definition) is 0. The van der Waals surface area contributed by atoms with Crippen LogP contribution in [0.3, 0.4) is 0 Å². The second-order valence-corrected chi connectivity index (χ2v) is 8.29. The first-order chi connectivity index (χ1) is 11.2. The highest BCUT2D eigenvalue weighted by atomic mass is 32.1. The number of hydrogen-bond acceptors (Lipinski definition) is 5. The van der Waals surface area contributed by atoms with E-state index in [1.807, 2.05) is 11.6 Å². The Morgan fingerprint density at radius 3 is 2.91 bits per heavy atom. The predicted octanol–water partition coefficient (Wildman–Crippen LogP) is 2.06. The fraction of sp³-hybridized carbons (Fsp3) is 0.765. The van der Waals surface area contributed by atoms with Crippen molar-refractivity contribution in [1.82, 2.24) is 14.8 Å². The van der Waals surface area contributed by atoms with Gasteiger partial charge in [0.25, 0.3) is 0 Å². The van der Waals surface area contributed by atoms with Gasteiger partial charge in [-0.3, -0.25) is 9.69 Å². The quantitative estimate of drug-likeness (QED) is 0.848. The number of rotatable bonds is 3. The van der Waals surface area contributed by atoms with Crippen LogP contribution in [0.25, 0.3) is 0 Å². The second-order valence-electron chi connectivity index (χ2n) is 7.42. The van der Waals surface area contributed by atoms with Crippen molar-refractivity contribution in [3.63, 3.8) is 0 Å². The van der Waals surface area contributed by atoms with Crippen LogP contribution in [0.5, 0.6) is 0 Å². The van der Waals surface area contributed by atoms with Crippen molar-refractivity contribution in [3.8, 4) is 0 Å². The molecule has 1 saturated carbocycles. The van der Waals surface area contributed by atoms with Gasteiger partial charge >= 0.3 is 0 Å². The van der Waals surface area contributed by atoms with Crippen molar-refractivity contribution in [2.75, 3.05) is 44.7 Å². The van der Waals surface area contributed by atoms with Crippen molar-refractivity contribution in [2.45, 2.75) is 37.6 Å². The fourth-order valence-electron chi connectivity index (χ4n) is 4.03. The van der Waals surface area contributed by atoms with E-state index in [0.29, 0.717) is 12.3 Å². The van der Waals surface area contributed by atoms with Gasteiger partial charge < -0.3 is 9.80 Å². The van der Waals surface area contributed by atoms with Crippen LogP contribution in [0.15, 0.2) is 11.6 Å². The van der Waals surface area contributed by atoms with E-state index in [9.17, 15) is 4.79 Å². The van der Waals surface area contributed by atoms with Crippen molar-refractivity contribution in [2.24, 2.45) is 5.92 Å². The zero-order valence-corrected chi connectivity index (χ0v) is 14.7. The van der Waals surface area contributed by atoms with E-state index in [2.05, 4.69) is 26.7 Å². The predicted molar refractivity (Wildman–Crippen MR) is 92.8 cm³/mol. The summed E-state index contributed by atoms with van der Waals surface area (Å²) in [5.41, 5.74) is 0.123.